The highest BCUT2D eigenvalue weighted by Crippen LogP contribution is 2.56. The number of amides is 4. The van der Waals surface area contributed by atoms with Gasteiger partial charge in [-0.05, 0) is 116 Å². The van der Waals surface area contributed by atoms with Crippen LogP contribution in [-0.2, 0) is 28.7 Å². The summed E-state index contributed by atoms with van der Waals surface area (Å²) >= 11 is 12.6. The summed E-state index contributed by atoms with van der Waals surface area (Å²) in [6, 6.07) is 17.1. The minimum Gasteiger partial charge on any atom is -0.458 e. The number of para-hydroxylation sites is 2. The third-order valence-electron chi connectivity index (χ3n) is 13.8. The molecule has 4 fully saturated rings. The first kappa shape index (κ1) is 49.0. The molecule has 2 aromatic heterocycles. The predicted octanol–water partition coefficient (Wildman–Crippen LogP) is 5.59. The van der Waals surface area contributed by atoms with E-state index in [4.69, 9.17) is 32.7 Å². The standard InChI is InChI=1S/C48H55Cl2N7O8.ClH/c1-56(2)17-9-15-51-43(58)39-25-19-31(35(21-25)64-47(62)29-23-37(49)53-33-13-7-5-11-27(29)33)41(39)45(60)55-46(61)42-32-20-26(40(42)44(59)52-16-10-18-57(3)4)22-36(32)65-48(63)30-24-38(50)54-34-14-8-6-12-28(30)34;/h5-8,11-14,23-26,31-32,35-36,39-42H,9-10,15-22H2,1-4H3,(H,51,58)(H,52,59)(H,55,60,61);1H. The molecule has 0 radical (unpaired) electrons. The minimum atomic E-state index is -1.02. The van der Waals surface area contributed by atoms with E-state index in [2.05, 4.69) is 25.9 Å². The van der Waals surface area contributed by atoms with E-state index >= 15 is 0 Å². The summed E-state index contributed by atoms with van der Waals surface area (Å²) in [7, 11) is 7.78. The summed E-state index contributed by atoms with van der Waals surface area (Å²) in [6.45, 7) is 2.28. The molecule has 4 amide bonds. The molecular formula is C48H56Cl3N7O8. The van der Waals surface area contributed by atoms with Crippen molar-refractivity contribution in [3.63, 3.8) is 0 Å². The largest absolute Gasteiger partial charge is 0.458 e. The van der Waals surface area contributed by atoms with E-state index < -0.39 is 71.5 Å². The summed E-state index contributed by atoms with van der Waals surface area (Å²) in [4.78, 5) is 97.9. The van der Waals surface area contributed by atoms with Gasteiger partial charge in [0.25, 0.3) is 0 Å². The van der Waals surface area contributed by atoms with Gasteiger partial charge in [0.1, 0.15) is 22.5 Å². The second-order valence-corrected chi connectivity index (χ2v) is 19.3. The van der Waals surface area contributed by atoms with E-state index in [1.807, 2.05) is 38.0 Å². The van der Waals surface area contributed by atoms with Gasteiger partial charge >= 0.3 is 11.9 Å². The van der Waals surface area contributed by atoms with Crippen LogP contribution in [0, 0.1) is 47.3 Å². The molecule has 0 aliphatic heterocycles. The zero-order chi connectivity index (χ0) is 46.1. The maximum Gasteiger partial charge on any atom is 0.339 e. The number of nitrogens with one attached hydrogen (secondary N) is 3. The van der Waals surface area contributed by atoms with Gasteiger partial charge in [-0.2, -0.15) is 0 Å². The van der Waals surface area contributed by atoms with Crippen molar-refractivity contribution in [2.45, 2.75) is 50.7 Å². The van der Waals surface area contributed by atoms with E-state index in [1.54, 1.807) is 48.5 Å². The normalized spacial score (nSPS) is 26.1. The Labute approximate surface area is 399 Å². The van der Waals surface area contributed by atoms with Crippen LogP contribution < -0.4 is 16.0 Å². The van der Waals surface area contributed by atoms with Gasteiger partial charge in [0.2, 0.25) is 23.6 Å². The zero-order valence-electron chi connectivity index (χ0n) is 37.3. The number of benzene rings is 2. The highest BCUT2D eigenvalue weighted by atomic mass is 35.5. The fraction of sp³-hybridized carbons (Fsp3) is 0.500. The second-order valence-electron chi connectivity index (χ2n) is 18.5. The molecule has 352 valence electrons. The van der Waals surface area contributed by atoms with E-state index in [0.717, 1.165) is 13.1 Å². The van der Waals surface area contributed by atoms with Crippen LogP contribution >= 0.6 is 35.6 Å². The number of ether oxygens (including phenoxy) is 2. The van der Waals surface area contributed by atoms with Gasteiger partial charge < -0.3 is 29.9 Å². The summed E-state index contributed by atoms with van der Waals surface area (Å²) in [5.41, 5.74) is 1.50. The fourth-order valence-electron chi connectivity index (χ4n) is 11.1. The summed E-state index contributed by atoms with van der Waals surface area (Å²) in [5, 5.41) is 10.1. The lowest BCUT2D eigenvalue weighted by molar-refractivity contribution is -0.147. The lowest BCUT2D eigenvalue weighted by Crippen LogP contribution is -2.53. The van der Waals surface area contributed by atoms with Crippen LogP contribution in [0.1, 0.15) is 59.2 Å². The molecule has 2 aromatic carbocycles. The first-order valence-corrected chi connectivity index (χ1v) is 23.2. The number of esters is 2. The molecule has 18 heteroatoms. The van der Waals surface area contributed by atoms with Gasteiger partial charge in [-0.1, -0.05) is 59.6 Å². The number of rotatable bonds is 16. The zero-order valence-corrected chi connectivity index (χ0v) is 39.7. The Morgan fingerprint density at radius 2 is 0.985 bits per heavy atom. The van der Waals surface area contributed by atoms with Crippen molar-refractivity contribution >= 4 is 93.0 Å². The van der Waals surface area contributed by atoms with E-state index in [-0.39, 0.29) is 57.5 Å². The highest BCUT2D eigenvalue weighted by Gasteiger charge is 2.62. The van der Waals surface area contributed by atoms with Crippen molar-refractivity contribution in [2.24, 2.45) is 47.3 Å². The monoisotopic (exact) mass is 963 g/mol. The SMILES string of the molecule is CN(C)CCCNC(=O)C1C2CC(OC(=O)c3cc(Cl)nc4ccccc34)C(C2)C1C(=O)NC(=O)C1C2CC(CC2OC(=O)c2cc(Cl)nc3ccccc23)C1C(=O)NCCCN(C)C.Cl. The van der Waals surface area contributed by atoms with Gasteiger partial charge in [-0.15, -0.1) is 12.4 Å². The number of hydrogen-bond acceptors (Lipinski definition) is 12. The van der Waals surface area contributed by atoms with Crippen molar-refractivity contribution < 1.29 is 38.2 Å². The molecule has 4 aromatic rings. The number of imide groups is 1. The molecule has 15 nitrogen and oxygen atoms in total. The smallest absolute Gasteiger partial charge is 0.339 e. The predicted molar refractivity (Wildman–Crippen MR) is 251 cm³/mol. The molecule has 66 heavy (non-hydrogen) atoms. The molecule has 10 atom stereocenters. The maximum absolute atomic E-state index is 14.7. The number of nitrogens with zero attached hydrogens (tertiary/aromatic N) is 4. The van der Waals surface area contributed by atoms with Crippen molar-refractivity contribution in [2.75, 3.05) is 54.4 Å². The molecular weight excluding hydrogens is 909 g/mol. The number of hydrogen-bond donors (Lipinski definition) is 3. The molecule has 2 heterocycles. The van der Waals surface area contributed by atoms with Crippen molar-refractivity contribution in [3.8, 4) is 0 Å². The Morgan fingerprint density at radius 1 is 0.591 bits per heavy atom. The Balaban J connectivity index is 0.00000648. The molecule has 0 spiro atoms. The maximum atomic E-state index is 14.7. The molecule has 4 saturated carbocycles. The van der Waals surface area contributed by atoms with Crippen LogP contribution in [0.3, 0.4) is 0 Å². The van der Waals surface area contributed by atoms with Crippen LogP contribution in [0.4, 0.5) is 0 Å². The summed E-state index contributed by atoms with van der Waals surface area (Å²) in [5.74, 6) is -8.59. The van der Waals surface area contributed by atoms with E-state index in [1.165, 1.54) is 12.1 Å². The second kappa shape index (κ2) is 20.9. The van der Waals surface area contributed by atoms with Crippen LogP contribution in [0.2, 0.25) is 10.3 Å². The van der Waals surface area contributed by atoms with Gasteiger partial charge in [-0.3, -0.25) is 24.5 Å². The quantitative estimate of drug-likeness (QED) is 0.0548. The molecule has 8 rings (SSSR count). The molecule has 4 aliphatic carbocycles. The third-order valence-corrected chi connectivity index (χ3v) is 14.2. The van der Waals surface area contributed by atoms with Crippen LogP contribution in [-0.4, -0.2) is 122 Å². The summed E-state index contributed by atoms with van der Waals surface area (Å²) in [6.07, 6.45) is 1.49. The fourth-order valence-corrected chi connectivity index (χ4v) is 11.5. The number of carbonyl (C=O) groups is 6. The number of fused-ring (bicyclic) bond motifs is 6. The Bertz CT molecular complexity index is 2340. The van der Waals surface area contributed by atoms with Crippen LogP contribution in [0.15, 0.2) is 60.7 Å². The van der Waals surface area contributed by atoms with Crippen LogP contribution in [0.5, 0.6) is 0 Å². The number of pyridine rings is 2. The summed E-state index contributed by atoms with van der Waals surface area (Å²) < 4.78 is 12.3. The van der Waals surface area contributed by atoms with Gasteiger partial charge in [0.05, 0.1) is 45.8 Å². The van der Waals surface area contributed by atoms with Gasteiger partial charge in [0, 0.05) is 35.7 Å². The lowest BCUT2D eigenvalue weighted by atomic mass is 9.75. The molecule has 10 unspecified atom stereocenters. The van der Waals surface area contributed by atoms with Crippen LogP contribution in [0.25, 0.3) is 21.8 Å². The van der Waals surface area contributed by atoms with Gasteiger partial charge in [-0.25, -0.2) is 19.6 Å². The average molecular weight is 965 g/mol. The third kappa shape index (κ3) is 10.3. The molecule has 4 bridgehead atoms. The number of halogens is 3. The first-order valence-electron chi connectivity index (χ1n) is 22.4. The Hall–Kier alpha value is -4.93. The first-order chi connectivity index (χ1) is 31.2. The van der Waals surface area contributed by atoms with Crippen molar-refractivity contribution in [1.82, 2.24) is 35.7 Å². The molecule has 3 N–H and O–H groups in total. The lowest BCUT2D eigenvalue weighted by Gasteiger charge is -2.36. The Morgan fingerprint density at radius 3 is 1.38 bits per heavy atom. The minimum absolute atomic E-state index is 0. The highest BCUT2D eigenvalue weighted by molar-refractivity contribution is 6.31. The Kier molecular flexibility index (Phi) is 15.5. The van der Waals surface area contributed by atoms with Gasteiger partial charge in [0.15, 0.2) is 0 Å². The number of carbonyl (C=O) groups excluding carboxylic acids is 6. The van der Waals surface area contributed by atoms with E-state index in [0.29, 0.717) is 73.4 Å². The number of aromatic nitrogens is 2. The molecule has 4 aliphatic rings. The molecule has 0 saturated heterocycles. The average Bonchev–Trinajstić information content (AvgIpc) is 4.06. The topological polar surface area (TPSA) is 189 Å². The van der Waals surface area contributed by atoms with E-state index in [9.17, 15) is 28.8 Å². The van der Waals surface area contributed by atoms with Crippen molar-refractivity contribution in [3.05, 3.63) is 82.1 Å². The van der Waals surface area contributed by atoms with Crippen molar-refractivity contribution in [1.29, 1.82) is 0 Å².